The monoisotopic (exact) mass is 264 g/mol. The van der Waals surface area contributed by atoms with Gasteiger partial charge in [0, 0.05) is 0 Å². The second-order valence-electron chi connectivity index (χ2n) is 4.26. The Kier molecular flexibility index (Phi) is 2.68. The zero-order valence-electron chi connectivity index (χ0n) is 9.54. The molecule has 94 valence electrons. The molecule has 0 bridgehead atoms. The summed E-state index contributed by atoms with van der Waals surface area (Å²) < 4.78 is 1.67. The molecule has 0 amide bonds. The molecule has 3 rings (SSSR count). The highest BCUT2D eigenvalue weighted by atomic mass is 32.1. The summed E-state index contributed by atoms with van der Waals surface area (Å²) in [5, 5.41) is 21.2. The zero-order chi connectivity index (χ0) is 12.7. The van der Waals surface area contributed by atoms with Crippen molar-refractivity contribution in [1.29, 1.82) is 0 Å². The van der Waals surface area contributed by atoms with Crippen LogP contribution in [0.5, 0.6) is 0 Å². The van der Waals surface area contributed by atoms with Gasteiger partial charge < -0.3 is 14.8 Å². The number of thiophene rings is 1. The summed E-state index contributed by atoms with van der Waals surface area (Å²) in [7, 11) is 0. The molecule has 0 radical (unpaired) electrons. The number of carboxylic acids is 1. The van der Waals surface area contributed by atoms with Gasteiger partial charge in [0.2, 0.25) is 0 Å². The van der Waals surface area contributed by atoms with Gasteiger partial charge in [0.1, 0.15) is 6.23 Å². The molecule has 3 heterocycles. The number of aliphatic hydroxyl groups excluding tert-OH is 1. The first-order valence-electron chi connectivity index (χ1n) is 5.75. The molecule has 0 aliphatic carbocycles. The molecule has 0 saturated heterocycles. The summed E-state index contributed by atoms with van der Waals surface area (Å²) in [6, 6.07) is 3.77. The van der Waals surface area contributed by atoms with Gasteiger partial charge in [-0.25, -0.2) is 9.78 Å². The number of fused-ring (bicyclic) bond motifs is 1. The molecule has 5 nitrogen and oxygen atoms in total. The molecule has 0 fully saturated rings. The Morgan fingerprint density at radius 2 is 2.39 bits per heavy atom. The molecular formula is C12H12N2O3S. The number of hydrogen-bond acceptors (Lipinski definition) is 4. The van der Waals surface area contributed by atoms with Crippen LogP contribution in [0.25, 0.3) is 10.7 Å². The van der Waals surface area contributed by atoms with Crippen molar-refractivity contribution in [2.45, 2.75) is 25.5 Å². The first-order valence-corrected chi connectivity index (χ1v) is 6.63. The number of carboxylic acid groups (broad SMARTS) is 1. The van der Waals surface area contributed by atoms with Gasteiger partial charge in [-0.05, 0) is 30.7 Å². The molecule has 1 atom stereocenters. The van der Waals surface area contributed by atoms with E-state index in [1.807, 2.05) is 17.5 Å². The number of hydrogen-bond donors (Lipinski definition) is 2. The summed E-state index contributed by atoms with van der Waals surface area (Å²) in [6.07, 6.45) is 1.40. The van der Waals surface area contributed by atoms with Gasteiger partial charge in [0.25, 0.3) is 0 Å². The lowest BCUT2D eigenvalue weighted by atomic mass is 10.1. The molecule has 2 aromatic heterocycles. The molecule has 6 heteroatoms. The zero-order valence-corrected chi connectivity index (χ0v) is 10.4. The lowest BCUT2D eigenvalue weighted by Crippen LogP contribution is -2.19. The highest BCUT2D eigenvalue weighted by Crippen LogP contribution is 2.34. The smallest absolute Gasteiger partial charge is 0.356 e. The van der Waals surface area contributed by atoms with E-state index in [1.54, 1.807) is 4.57 Å². The third-order valence-corrected chi connectivity index (χ3v) is 3.99. The first-order chi connectivity index (χ1) is 8.68. The summed E-state index contributed by atoms with van der Waals surface area (Å²) >= 11 is 1.49. The molecule has 1 aliphatic heterocycles. The first kappa shape index (κ1) is 11.4. The quantitative estimate of drug-likeness (QED) is 0.871. The normalized spacial score (nSPS) is 18.6. The Morgan fingerprint density at radius 1 is 1.56 bits per heavy atom. The van der Waals surface area contributed by atoms with Crippen molar-refractivity contribution in [3.63, 3.8) is 0 Å². The minimum Gasteiger partial charge on any atom is -0.476 e. The van der Waals surface area contributed by atoms with Crippen LogP contribution >= 0.6 is 11.3 Å². The number of carbonyl (C=O) groups is 1. The van der Waals surface area contributed by atoms with E-state index in [0.717, 1.165) is 11.3 Å². The van der Waals surface area contributed by atoms with E-state index >= 15 is 0 Å². The second-order valence-corrected chi connectivity index (χ2v) is 5.20. The lowest BCUT2D eigenvalue weighted by molar-refractivity contribution is 0.0678. The molecule has 1 unspecified atom stereocenters. The third kappa shape index (κ3) is 1.65. The Labute approximate surface area is 107 Å². The van der Waals surface area contributed by atoms with Crippen LogP contribution in [-0.2, 0) is 6.42 Å². The van der Waals surface area contributed by atoms with Crippen LogP contribution in [0.4, 0.5) is 0 Å². The summed E-state index contributed by atoms with van der Waals surface area (Å²) in [6.45, 7) is 0. The van der Waals surface area contributed by atoms with E-state index in [9.17, 15) is 15.0 Å². The largest absolute Gasteiger partial charge is 0.476 e. The minimum atomic E-state index is -1.03. The predicted molar refractivity (Wildman–Crippen MR) is 66.7 cm³/mol. The van der Waals surface area contributed by atoms with Crippen LogP contribution in [0.1, 0.15) is 35.3 Å². The maximum Gasteiger partial charge on any atom is 0.356 e. The fourth-order valence-electron chi connectivity index (χ4n) is 2.36. The van der Waals surface area contributed by atoms with E-state index in [-0.39, 0.29) is 5.69 Å². The standard InChI is InChI=1S/C12H12N2O3S/c15-9-5-1-3-7-10(12(16)17)13-11(14(7)9)8-4-2-6-18-8/h2,4,6,9,15H,1,3,5H2,(H,16,17). The highest BCUT2D eigenvalue weighted by Gasteiger charge is 2.29. The van der Waals surface area contributed by atoms with E-state index < -0.39 is 12.2 Å². The minimum absolute atomic E-state index is 0.0668. The topological polar surface area (TPSA) is 75.3 Å². The van der Waals surface area contributed by atoms with Crippen LogP contribution in [-0.4, -0.2) is 25.7 Å². The van der Waals surface area contributed by atoms with Crippen molar-refractivity contribution in [3.05, 3.63) is 28.9 Å². The molecule has 0 aromatic carbocycles. The average Bonchev–Trinajstić information content (AvgIpc) is 2.95. The van der Waals surface area contributed by atoms with Gasteiger partial charge in [-0.1, -0.05) is 6.07 Å². The number of aromatic nitrogens is 2. The van der Waals surface area contributed by atoms with Gasteiger partial charge in [0.05, 0.1) is 10.6 Å². The van der Waals surface area contributed by atoms with Crippen LogP contribution < -0.4 is 0 Å². The summed E-state index contributed by atoms with van der Waals surface area (Å²) in [5.41, 5.74) is 0.696. The Hall–Kier alpha value is -1.66. The van der Waals surface area contributed by atoms with Gasteiger partial charge in [0.15, 0.2) is 11.5 Å². The Morgan fingerprint density at radius 3 is 3.06 bits per heavy atom. The molecule has 18 heavy (non-hydrogen) atoms. The fourth-order valence-corrected chi connectivity index (χ4v) is 3.07. The number of aliphatic hydroxyl groups is 1. The van der Waals surface area contributed by atoms with Crippen molar-refractivity contribution in [2.75, 3.05) is 0 Å². The fraction of sp³-hybridized carbons (Fsp3) is 0.333. The molecule has 2 N–H and O–H groups in total. The Bertz CT molecular complexity index is 589. The van der Waals surface area contributed by atoms with Crippen LogP contribution in [0.3, 0.4) is 0 Å². The molecule has 1 aliphatic rings. The van der Waals surface area contributed by atoms with Crippen LogP contribution in [0.15, 0.2) is 17.5 Å². The van der Waals surface area contributed by atoms with Crippen molar-refractivity contribution >= 4 is 17.3 Å². The molecule has 0 spiro atoms. The van der Waals surface area contributed by atoms with E-state index in [1.165, 1.54) is 11.3 Å². The van der Waals surface area contributed by atoms with Gasteiger partial charge in [-0.2, -0.15) is 0 Å². The predicted octanol–water partition coefficient (Wildman–Crippen LogP) is 2.14. The van der Waals surface area contributed by atoms with Crippen molar-refractivity contribution < 1.29 is 15.0 Å². The SMILES string of the molecule is O=C(O)c1nc(-c2cccs2)n2c1CCCC2O. The number of imidazole rings is 1. The van der Waals surface area contributed by atoms with Gasteiger partial charge in [-0.3, -0.25) is 0 Å². The summed E-state index contributed by atoms with van der Waals surface area (Å²) in [4.78, 5) is 16.3. The molecule has 2 aromatic rings. The van der Waals surface area contributed by atoms with E-state index in [2.05, 4.69) is 4.98 Å². The van der Waals surface area contributed by atoms with Crippen molar-refractivity contribution in [1.82, 2.24) is 9.55 Å². The van der Waals surface area contributed by atoms with E-state index in [4.69, 9.17) is 0 Å². The highest BCUT2D eigenvalue weighted by molar-refractivity contribution is 7.13. The van der Waals surface area contributed by atoms with Crippen LogP contribution in [0.2, 0.25) is 0 Å². The Balaban J connectivity index is 2.23. The molecular weight excluding hydrogens is 252 g/mol. The van der Waals surface area contributed by atoms with Crippen molar-refractivity contribution in [2.24, 2.45) is 0 Å². The average molecular weight is 264 g/mol. The van der Waals surface area contributed by atoms with Crippen LogP contribution in [0, 0.1) is 0 Å². The number of nitrogens with zero attached hydrogens (tertiary/aromatic N) is 2. The molecule has 0 saturated carbocycles. The van der Waals surface area contributed by atoms with Gasteiger partial charge in [-0.15, -0.1) is 11.3 Å². The summed E-state index contributed by atoms with van der Waals surface area (Å²) in [5.74, 6) is -0.472. The maximum absolute atomic E-state index is 11.2. The van der Waals surface area contributed by atoms with Crippen molar-refractivity contribution in [3.8, 4) is 10.7 Å². The maximum atomic E-state index is 11.2. The lowest BCUT2D eigenvalue weighted by Gasteiger charge is -2.22. The second kappa shape index (κ2) is 4.22. The number of rotatable bonds is 2. The van der Waals surface area contributed by atoms with Gasteiger partial charge >= 0.3 is 5.97 Å². The third-order valence-electron chi connectivity index (χ3n) is 3.13. The number of aromatic carboxylic acids is 1. The van der Waals surface area contributed by atoms with E-state index in [0.29, 0.717) is 24.4 Å².